The van der Waals surface area contributed by atoms with Crippen molar-refractivity contribution < 1.29 is 4.79 Å². The zero-order valence-electron chi connectivity index (χ0n) is 10.0. The predicted octanol–water partition coefficient (Wildman–Crippen LogP) is 1.68. The molecule has 1 amide bonds. The van der Waals surface area contributed by atoms with E-state index < -0.39 is 0 Å². The number of carbonyl (C=O) groups excluding carboxylic acids is 1. The Morgan fingerprint density at radius 2 is 2.13 bits per heavy atom. The lowest BCUT2D eigenvalue weighted by Crippen LogP contribution is -2.35. The van der Waals surface area contributed by atoms with Gasteiger partial charge >= 0.3 is 0 Å². The SMILES string of the molecule is CCCNC(=O)CCNC1CCCC1C. The average molecular weight is 212 g/mol. The molecule has 88 valence electrons. The molecule has 0 aromatic carbocycles. The zero-order valence-corrected chi connectivity index (χ0v) is 10.0. The molecule has 0 bridgehead atoms. The van der Waals surface area contributed by atoms with Gasteiger partial charge in [-0.15, -0.1) is 0 Å². The molecule has 0 aliphatic heterocycles. The quantitative estimate of drug-likeness (QED) is 0.703. The van der Waals surface area contributed by atoms with Crippen LogP contribution in [0.25, 0.3) is 0 Å². The third kappa shape index (κ3) is 4.65. The Kier molecular flexibility index (Phi) is 5.69. The first-order chi connectivity index (χ1) is 7.24. The fourth-order valence-corrected chi connectivity index (χ4v) is 2.17. The maximum Gasteiger partial charge on any atom is 0.221 e. The summed E-state index contributed by atoms with van der Waals surface area (Å²) in [5.74, 6) is 0.957. The van der Waals surface area contributed by atoms with Crippen LogP contribution in [0.15, 0.2) is 0 Å². The highest BCUT2D eigenvalue weighted by molar-refractivity contribution is 5.75. The molecule has 1 rings (SSSR count). The largest absolute Gasteiger partial charge is 0.356 e. The number of rotatable bonds is 6. The number of amides is 1. The van der Waals surface area contributed by atoms with Crippen LogP contribution in [0.5, 0.6) is 0 Å². The minimum absolute atomic E-state index is 0.176. The van der Waals surface area contributed by atoms with Crippen molar-refractivity contribution in [3.8, 4) is 0 Å². The van der Waals surface area contributed by atoms with Gasteiger partial charge in [0, 0.05) is 25.6 Å². The molecule has 0 aromatic heterocycles. The summed E-state index contributed by atoms with van der Waals surface area (Å²) >= 11 is 0. The monoisotopic (exact) mass is 212 g/mol. The Morgan fingerprint density at radius 1 is 1.33 bits per heavy atom. The van der Waals surface area contributed by atoms with E-state index in [0.717, 1.165) is 25.4 Å². The van der Waals surface area contributed by atoms with E-state index in [4.69, 9.17) is 0 Å². The minimum Gasteiger partial charge on any atom is -0.356 e. The van der Waals surface area contributed by atoms with Gasteiger partial charge in [-0.2, -0.15) is 0 Å². The smallest absolute Gasteiger partial charge is 0.221 e. The summed E-state index contributed by atoms with van der Waals surface area (Å²) in [4.78, 5) is 11.3. The summed E-state index contributed by atoms with van der Waals surface area (Å²) in [5, 5.41) is 6.37. The van der Waals surface area contributed by atoms with Crippen LogP contribution in [0, 0.1) is 5.92 Å². The fraction of sp³-hybridized carbons (Fsp3) is 0.917. The van der Waals surface area contributed by atoms with Crippen molar-refractivity contribution in [1.82, 2.24) is 10.6 Å². The van der Waals surface area contributed by atoms with Crippen molar-refractivity contribution in [3.05, 3.63) is 0 Å². The summed E-state index contributed by atoms with van der Waals surface area (Å²) in [5.41, 5.74) is 0. The molecule has 2 N–H and O–H groups in total. The van der Waals surface area contributed by atoms with Crippen LogP contribution in [-0.2, 0) is 4.79 Å². The van der Waals surface area contributed by atoms with E-state index >= 15 is 0 Å². The van der Waals surface area contributed by atoms with E-state index in [9.17, 15) is 4.79 Å². The number of nitrogens with one attached hydrogen (secondary N) is 2. The summed E-state index contributed by atoms with van der Waals surface area (Å²) in [6, 6.07) is 0.643. The van der Waals surface area contributed by atoms with Crippen LogP contribution in [0.2, 0.25) is 0 Å². The normalized spacial score (nSPS) is 25.5. The fourth-order valence-electron chi connectivity index (χ4n) is 2.17. The first-order valence-electron chi connectivity index (χ1n) is 6.24. The van der Waals surface area contributed by atoms with Gasteiger partial charge < -0.3 is 10.6 Å². The van der Waals surface area contributed by atoms with E-state index in [1.54, 1.807) is 0 Å². The Morgan fingerprint density at radius 3 is 2.73 bits per heavy atom. The highest BCUT2D eigenvalue weighted by Gasteiger charge is 2.22. The Hall–Kier alpha value is -0.570. The maximum atomic E-state index is 11.3. The third-order valence-corrected chi connectivity index (χ3v) is 3.19. The topological polar surface area (TPSA) is 41.1 Å². The lowest BCUT2D eigenvalue weighted by molar-refractivity contribution is -0.121. The molecule has 2 unspecified atom stereocenters. The summed E-state index contributed by atoms with van der Waals surface area (Å²) in [6.45, 7) is 5.99. The lowest BCUT2D eigenvalue weighted by atomic mass is 10.1. The lowest BCUT2D eigenvalue weighted by Gasteiger charge is -2.16. The average Bonchev–Trinajstić information content (AvgIpc) is 2.61. The first-order valence-corrected chi connectivity index (χ1v) is 6.24. The Bertz CT molecular complexity index is 194. The second-order valence-electron chi connectivity index (χ2n) is 4.57. The summed E-state index contributed by atoms with van der Waals surface area (Å²) in [7, 11) is 0. The second kappa shape index (κ2) is 6.83. The molecular formula is C12H24N2O. The molecule has 15 heavy (non-hydrogen) atoms. The summed E-state index contributed by atoms with van der Waals surface area (Å²) in [6.07, 6.45) is 5.57. The number of hydrogen-bond acceptors (Lipinski definition) is 2. The van der Waals surface area contributed by atoms with Crippen LogP contribution in [0.4, 0.5) is 0 Å². The van der Waals surface area contributed by atoms with Crippen molar-refractivity contribution in [2.75, 3.05) is 13.1 Å². The number of hydrogen-bond donors (Lipinski definition) is 2. The molecule has 0 spiro atoms. The van der Waals surface area contributed by atoms with Gasteiger partial charge in [-0.1, -0.05) is 20.3 Å². The third-order valence-electron chi connectivity index (χ3n) is 3.19. The minimum atomic E-state index is 0.176. The van der Waals surface area contributed by atoms with Crippen LogP contribution < -0.4 is 10.6 Å². The van der Waals surface area contributed by atoms with Gasteiger partial charge in [-0.05, 0) is 25.2 Å². The van der Waals surface area contributed by atoms with Crippen molar-refractivity contribution in [3.63, 3.8) is 0 Å². The van der Waals surface area contributed by atoms with Gasteiger partial charge in [0.05, 0.1) is 0 Å². The van der Waals surface area contributed by atoms with Crippen LogP contribution in [-0.4, -0.2) is 25.0 Å². The zero-order chi connectivity index (χ0) is 11.1. The predicted molar refractivity (Wildman–Crippen MR) is 62.7 cm³/mol. The maximum absolute atomic E-state index is 11.3. The van der Waals surface area contributed by atoms with Gasteiger partial charge in [0.25, 0.3) is 0 Å². The van der Waals surface area contributed by atoms with Gasteiger partial charge in [-0.3, -0.25) is 4.79 Å². The molecule has 0 heterocycles. The molecule has 1 fully saturated rings. The molecule has 0 radical (unpaired) electrons. The van der Waals surface area contributed by atoms with E-state index in [0.29, 0.717) is 12.5 Å². The molecule has 3 nitrogen and oxygen atoms in total. The highest BCUT2D eigenvalue weighted by Crippen LogP contribution is 2.24. The van der Waals surface area contributed by atoms with Crippen molar-refractivity contribution in [2.24, 2.45) is 5.92 Å². The highest BCUT2D eigenvalue weighted by atomic mass is 16.1. The van der Waals surface area contributed by atoms with Crippen LogP contribution >= 0.6 is 0 Å². The molecule has 1 aliphatic carbocycles. The summed E-state index contributed by atoms with van der Waals surface area (Å²) < 4.78 is 0. The van der Waals surface area contributed by atoms with Crippen molar-refractivity contribution in [1.29, 1.82) is 0 Å². The molecular weight excluding hydrogens is 188 g/mol. The number of carbonyl (C=O) groups is 1. The molecule has 0 saturated heterocycles. The molecule has 1 aliphatic rings. The first kappa shape index (κ1) is 12.5. The van der Waals surface area contributed by atoms with Crippen molar-refractivity contribution >= 4 is 5.91 Å². The van der Waals surface area contributed by atoms with Crippen molar-refractivity contribution in [2.45, 2.75) is 52.0 Å². The van der Waals surface area contributed by atoms with Crippen LogP contribution in [0.1, 0.15) is 46.0 Å². The molecule has 2 atom stereocenters. The van der Waals surface area contributed by atoms with E-state index in [2.05, 4.69) is 24.5 Å². The van der Waals surface area contributed by atoms with E-state index in [1.165, 1.54) is 19.3 Å². The Labute approximate surface area is 93.0 Å². The molecule has 0 aromatic rings. The van der Waals surface area contributed by atoms with E-state index in [-0.39, 0.29) is 5.91 Å². The van der Waals surface area contributed by atoms with Crippen LogP contribution in [0.3, 0.4) is 0 Å². The second-order valence-corrected chi connectivity index (χ2v) is 4.57. The van der Waals surface area contributed by atoms with Gasteiger partial charge in [0.1, 0.15) is 0 Å². The van der Waals surface area contributed by atoms with Gasteiger partial charge in [0.2, 0.25) is 5.91 Å². The molecule has 1 saturated carbocycles. The van der Waals surface area contributed by atoms with E-state index in [1.807, 2.05) is 0 Å². The molecule has 3 heteroatoms. The van der Waals surface area contributed by atoms with Gasteiger partial charge in [0.15, 0.2) is 0 Å². The van der Waals surface area contributed by atoms with Gasteiger partial charge in [-0.25, -0.2) is 0 Å². The Balaban J connectivity index is 2.02. The standard InChI is InChI=1S/C12H24N2O/c1-3-8-14-12(15)7-9-13-11-6-4-5-10(11)2/h10-11,13H,3-9H2,1-2H3,(H,14,15).